The van der Waals surface area contributed by atoms with Gasteiger partial charge >= 0.3 is 0 Å². The SMILES string of the molecule is C=C(C)CCOCC(CBr)C(C)C. The Morgan fingerprint density at radius 1 is 1.46 bits per heavy atom. The largest absolute Gasteiger partial charge is 0.381 e. The molecule has 0 radical (unpaired) electrons. The highest BCUT2D eigenvalue weighted by Gasteiger charge is 2.11. The van der Waals surface area contributed by atoms with E-state index in [0.29, 0.717) is 11.8 Å². The smallest absolute Gasteiger partial charge is 0.0504 e. The van der Waals surface area contributed by atoms with Crippen molar-refractivity contribution in [2.24, 2.45) is 11.8 Å². The summed E-state index contributed by atoms with van der Waals surface area (Å²) in [5.74, 6) is 1.31. The molecule has 0 heterocycles. The quantitative estimate of drug-likeness (QED) is 0.380. The highest BCUT2D eigenvalue weighted by atomic mass is 79.9. The van der Waals surface area contributed by atoms with Crippen molar-refractivity contribution < 1.29 is 4.74 Å². The van der Waals surface area contributed by atoms with Crippen LogP contribution in [0.3, 0.4) is 0 Å². The maximum Gasteiger partial charge on any atom is 0.0504 e. The van der Waals surface area contributed by atoms with Gasteiger partial charge < -0.3 is 4.74 Å². The second kappa shape index (κ2) is 7.57. The first-order valence-corrected chi connectivity index (χ1v) is 5.98. The molecule has 0 saturated heterocycles. The third-order valence-corrected chi connectivity index (χ3v) is 2.98. The van der Waals surface area contributed by atoms with Gasteiger partial charge in [0.05, 0.1) is 13.2 Å². The number of hydrogen-bond donors (Lipinski definition) is 0. The molecule has 13 heavy (non-hydrogen) atoms. The van der Waals surface area contributed by atoms with Gasteiger partial charge in [-0.25, -0.2) is 0 Å². The van der Waals surface area contributed by atoms with Crippen molar-refractivity contribution in [1.29, 1.82) is 0 Å². The van der Waals surface area contributed by atoms with E-state index in [9.17, 15) is 0 Å². The van der Waals surface area contributed by atoms with E-state index < -0.39 is 0 Å². The van der Waals surface area contributed by atoms with Gasteiger partial charge in [0.1, 0.15) is 0 Å². The molecule has 78 valence electrons. The minimum Gasteiger partial charge on any atom is -0.381 e. The molecule has 1 unspecified atom stereocenters. The lowest BCUT2D eigenvalue weighted by molar-refractivity contribution is 0.0942. The number of alkyl halides is 1. The van der Waals surface area contributed by atoms with E-state index in [-0.39, 0.29) is 0 Å². The van der Waals surface area contributed by atoms with Crippen LogP contribution in [0.15, 0.2) is 12.2 Å². The molecule has 0 aromatic heterocycles. The Morgan fingerprint density at radius 3 is 2.46 bits per heavy atom. The molecule has 0 spiro atoms. The van der Waals surface area contributed by atoms with E-state index in [1.807, 2.05) is 6.92 Å². The third kappa shape index (κ3) is 7.27. The number of halogens is 1. The second-order valence-corrected chi connectivity index (χ2v) is 4.59. The molecule has 1 atom stereocenters. The molecule has 0 N–H and O–H groups in total. The fraction of sp³-hybridized carbons (Fsp3) is 0.818. The van der Waals surface area contributed by atoms with Crippen LogP contribution < -0.4 is 0 Å². The predicted molar refractivity (Wildman–Crippen MR) is 62.4 cm³/mol. The van der Waals surface area contributed by atoms with Crippen molar-refractivity contribution in [3.05, 3.63) is 12.2 Å². The molecule has 0 saturated carbocycles. The van der Waals surface area contributed by atoms with Gasteiger partial charge in [-0.2, -0.15) is 0 Å². The standard InChI is InChI=1S/C11H21BrO/c1-9(2)5-6-13-8-11(7-12)10(3)4/h10-11H,1,5-8H2,2-4H3. The fourth-order valence-corrected chi connectivity index (χ4v) is 1.83. The summed E-state index contributed by atoms with van der Waals surface area (Å²) in [5, 5.41) is 1.03. The molecule has 0 bridgehead atoms. The first-order chi connectivity index (χ1) is 6.07. The zero-order valence-electron chi connectivity index (χ0n) is 8.98. The summed E-state index contributed by atoms with van der Waals surface area (Å²) < 4.78 is 5.57. The summed E-state index contributed by atoms with van der Waals surface area (Å²) in [4.78, 5) is 0. The molecule has 0 rings (SSSR count). The van der Waals surface area contributed by atoms with Crippen LogP contribution in [0.1, 0.15) is 27.2 Å². The first-order valence-electron chi connectivity index (χ1n) is 4.86. The molecule has 0 aliphatic carbocycles. The Kier molecular flexibility index (Phi) is 7.68. The summed E-state index contributed by atoms with van der Waals surface area (Å²) in [6, 6.07) is 0. The van der Waals surface area contributed by atoms with Crippen LogP contribution in [0.4, 0.5) is 0 Å². The van der Waals surface area contributed by atoms with Crippen molar-refractivity contribution in [3.63, 3.8) is 0 Å². The summed E-state index contributed by atoms with van der Waals surface area (Å²) in [7, 11) is 0. The van der Waals surface area contributed by atoms with Crippen LogP contribution in [-0.2, 0) is 4.74 Å². The lowest BCUT2D eigenvalue weighted by Crippen LogP contribution is -2.17. The maximum absolute atomic E-state index is 5.57. The van der Waals surface area contributed by atoms with Crippen molar-refractivity contribution in [3.8, 4) is 0 Å². The molecular weight excluding hydrogens is 228 g/mol. The number of hydrogen-bond acceptors (Lipinski definition) is 1. The van der Waals surface area contributed by atoms with Gasteiger partial charge in [0.25, 0.3) is 0 Å². The van der Waals surface area contributed by atoms with E-state index in [1.165, 1.54) is 5.57 Å². The number of rotatable bonds is 7. The van der Waals surface area contributed by atoms with Gasteiger partial charge in [-0.3, -0.25) is 0 Å². The monoisotopic (exact) mass is 248 g/mol. The Hall–Kier alpha value is 0.180. The van der Waals surface area contributed by atoms with Crippen molar-refractivity contribution in [1.82, 2.24) is 0 Å². The average molecular weight is 249 g/mol. The molecule has 0 aliphatic rings. The van der Waals surface area contributed by atoms with Gasteiger partial charge in [-0.15, -0.1) is 6.58 Å². The Balaban J connectivity index is 3.44. The van der Waals surface area contributed by atoms with E-state index >= 15 is 0 Å². The third-order valence-electron chi connectivity index (χ3n) is 2.15. The lowest BCUT2D eigenvalue weighted by Gasteiger charge is -2.17. The molecule has 0 aromatic carbocycles. The van der Waals surface area contributed by atoms with Crippen LogP contribution in [0, 0.1) is 11.8 Å². The molecule has 0 fully saturated rings. The van der Waals surface area contributed by atoms with Crippen molar-refractivity contribution in [2.75, 3.05) is 18.5 Å². The Labute approximate surface area is 90.7 Å². The summed E-state index contributed by atoms with van der Waals surface area (Å²) in [6.45, 7) is 12.0. The van der Waals surface area contributed by atoms with Crippen LogP contribution in [0.5, 0.6) is 0 Å². The zero-order chi connectivity index (χ0) is 10.3. The van der Waals surface area contributed by atoms with Crippen LogP contribution in [0.25, 0.3) is 0 Å². The predicted octanol–water partition coefficient (Wildman–Crippen LogP) is 3.64. The van der Waals surface area contributed by atoms with Crippen LogP contribution >= 0.6 is 15.9 Å². The van der Waals surface area contributed by atoms with E-state index in [1.54, 1.807) is 0 Å². The van der Waals surface area contributed by atoms with Crippen LogP contribution in [-0.4, -0.2) is 18.5 Å². The molecule has 0 amide bonds. The highest BCUT2D eigenvalue weighted by molar-refractivity contribution is 9.09. The topological polar surface area (TPSA) is 9.23 Å². The first kappa shape index (κ1) is 13.2. The molecule has 0 aliphatic heterocycles. The molecule has 1 nitrogen and oxygen atoms in total. The Morgan fingerprint density at radius 2 is 2.08 bits per heavy atom. The summed E-state index contributed by atoms with van der Waals surface area (Å²) >= 11 is 3.50. The summed E-state index contributed by atoms with van der Waals surface area (Å²) in [6.07, 6.45) is 0.979. The van der Waals surface area contributed by atoms with Gasteiger partial charge in [0, 0.05) is 5.33 Å². The lowest BCUT2D eigenvalue weighted by atomic mass is 9.99. The van der Waals surface area contributed by atoms with Gasteiger partial charge in [-0.1, -0.05) is 35.4 Å². The fourth-order valence-electron chi connectivity index (χ4n) is 0.896. The molecular formula is C11H21BrO. The average Bonchev–Trinajstić information content (AvgIpc) is 2.03. The zero-order valence-corrected chi connectivity index (χ0v) is 10.6. The molecule has 0 aromatic rings. The molecule has 2 heteroatoms. The highest BCUT2D eigenvalue weighted by Crippen LogP contribution is 2.14. The van der Waals surface area contributed by atoms with E-state index in [4.69, 9.17) is 4.74 Å². The van der Waals surface area contributed by atoms with E-state index in [2.05, 4.69) is 36.4 Å². The van der Waals surface area contributed by atoms with Gasteiger partial charge in [0.15, 0.2) is 0 Å². The van der Waals surface area contributed by atoms with Crippen molar-refractivity contribution in [2.45, 2.75) is 27.2 Å². The minimum absolute atomic E-state index is 0.630. The normalized spacial score (nSPS) is 13.3. The maximum atomic E-state index is 5.57. The second-order valence-electron chi connectivity index (χ2n) is 3.94. The van der Waals surface area contributed by atoms with Crippen LogP contribution in [0.2, 0.25) is 0 Å². The minimum atomic E-state index is 0.630. The number of ether oxygens (including phenoxy) is 1. The van der Waals surface area contributed by atoms with E-state index in [0.717, 1.165) is 25.0 Å². The summed E-state index contributed by atoms with van der Waals surface area (Å²) in [5.41, 5.74) is 1.19. The van der Waals surface area contributed by atoms with Gasteiger partial charge in [-0.05, 0) is 25.2 Å². The van der Waals surface area contributed by atoms with Crippen molar-refractivity contribution >= 4 is 15.9 Å². The Bertz CT molecular complexity index is 143. The van der Waals surface area contributed by atoms with Gasteiger partial charge in [0.2, 0.25) is 0 Å².